The summed E-state index contributed by atoms with van der Waals surface area (Å²) in [5, 5.41) is 4.39. The van der Waals surface area contributed by atoms with Gasteiger partial charge in [-0.15, -0.1) is 0 Å². The second kappa shape index (κ2) is 8.99. The molecule has 1 saturated heterocycles. The molecule has 1 aliphatic heterocycles. The fourth-order valence-electron chi connectivity index (χ4n) is 3.62. The van der Waals surface area contributed by atoms with E-state index in [9.17, 15) is 14.0 Å². The molecule has 1 fully saturated rings. The maximum absolute atomic E-state index is 13.3. The standard InChI is InChI=1S/C21H26FN3O3/c1-3-6-19-18(13-23-25(19)17-10-8-16(22)9-11-17)20(26)24-12-5-7-15(14-24)21(27)28-4-2/h8-11,13,15H,3-7,12,14H2,1-2H3/t15-/m0/s1. The zero-order valence-corrected chi connectivity index (χ0v) is 16.4. The Hall–Kier alpha value is -2.70. The maximum atomic E-state index is 13.3. The molecule has 0 saturated carbocycles. The van der Waals surface area contributed by atoms with Crippen LogP contribution in [0.15, 0.2) is 30.5 Å². The number of hydrogen-bond donors (Lipinski definition) is 0. The number of ether oxygens (including phenoxy) is 1. The van der Waals surface area contributed by atoms with E-state index in [1.165, 1.54) is 12.1 Å². The summed E-state index contributed by atoms with van der Waals surface area (Å²) in [4.78, 5) is 27.0. The van der Waals surface area contributed by atoms with Crippen molar-refractivity contribution in [3.8, 4) is 5.69 Å². The van der Waals surface area contributed by atoms with Gasteiger partial charge in [-0.25, -0.2) is 9.07 Å². The molecule has 1 amide bonds. The van der Waals surface area contributed by atoms with Crippen molar-refractivity contribution >= 4 is 11.9 Å². The summed E-state index contributed by atoms with van der Waals surface area (Å²) in [6.07, 6.45) is 4.60. The predicted molar refractivity (Wildman–Crippen MR) is 103 cm³/mol. The van der Waals surface area contributed by atoms with Crippen molar-refractivity contribution in [2.24, 2.45) is 5.92 Å². The van der Waals surface area contributed by atoms with Gasteiger partial charge in [0, 0.05) is 13.1 Å². The van der Waals surface area contributed by atoms with Gasteiger partial charge in [0.25, 0.3) is 5.91 Å². The number of halogens is 1. The van der Waals surface area contributed by atoms with Crippen LogP contribution in [-0.4, -0.2) is 46.3 Å². The molecular weight excluding hydrogens is 361 g/mol. The van der Waals surface area contributed by atoms with Crippen molar-refractivity contribution in [3.05, 3.63) is 47.5 Å². The van der Waals surface area contributed by atoms with E-state index in [1.54, 1.807) is 34.8 Å². The Morgan fingerprint density at radius 3 is 2.68 bits per heavy atom. The third-order valence-corrected chi connectivity index (χ3v) is 4.99. The maximum Gasteiger partial charge on any atom is 0.310 e. The third-order valence-electron chi connectivity index (χ3n) is 4.99. The minimum absolute atomic E-state index is 0.120. The van der Waals surface area contributed by atoms with Crippen LogP contribution < -0.4 is 0 Å². The van der Waals surface area contributed by atoms with Gasteiger partial charge in [0.2, 0.25) is 0 Å². The first kappa shape index (κ1) is 20.0. The van der Waals surface area contributed by atoms with Gasteiger partial charge >= 0.3 is 5.97 Å². The topological polar surface area (TPSA) is 64.4 Å². The summed E-state index contributed by atoms with van der Waals surface area (Å²) in [5.41, 5.74) is 2.06. The highest BCUT2D eigenvalue weighted by atomic mass is 19.1. The number of hydrogen-bond acceptors (Lipinski definition) is 4. The fourth-order valence-corrected chi connectivity index (χ4v) is 3.62. The Balaban J connectivity index is 1.85. The molecule has 7 heteroatoms. The van der Waals surface area contributed by atoms with Gasteiger partial charge in [-0.2, -0.15) is 5.10 Å². The summed E-state index contributed by atoms with van der Waals surface area (Å²) in [5.74, 6) is -0.955. The van der Waals surface area contributed by atoms with Crippen LogP contribution in [0.1, 0.15) is 49.2 Å². The largest absolute Gasteiger partial charge is 0.466 e. The molecule has 0 bridgehead atoms. The highest BCUT2D eigenvalue weighted by Crippen LogP contribution is 2.23. The van der Waals surface area contributed by atoms with Crippen LogP contribution in [0.2, 0.25) is 0 Å². The first-order chi connectivity index (χ1) is 13.5. The van der Waals surface area contributed by atoms with E-state index in [1.807, 2.05) is 6.92 Å². The molecule has 1 aromatic heterocycles. The molecule has 1 aromatic carbocycles. The molecule has 1 aliphatic rings. The Labute approximate surface area is 164 Å². The Kier molecular flexibility index (Phi) is 6.44. The molecule has 150 valence electrons. The molecule has 2 heterocycles. The number of rotatable bonds is 6. The first-order valence-corrected chi connectivity index (χ1v) is 9.83. The lowest BCUT2D eigenvalue weighted by atomic mass is 9.97. The van der Waals surface area contributed by atoms with E-state index in [4.69, 9.17) is 4.74 Å². The lowest BCUT2D eigenvalue weighted by molar-refractivity contribution is -0.149. The van der Waals surface area contributed by atoms with Crippen molar-refractivity contribution in [2.45, 2.75) is 39.5 Å². The van der Waals surface area contributed by atoms with E-state index < -0.39 is 0 Å². The minimum atomic E-state index is -0.317. The monoisotopic (exact) mass is 387 g/mol. The molecule has 6 nitrogen and oxygen atoms in total. The minimum Gasteiger partial charge on any atom is -0.466 e. The molecular formula is C21H26FN3O3. The van der Waals surface area contributed by atoms with Crippen LogP contribution in [0, 0.1) is 11.7 Å². The van der Waals surface area contributed by atoms with E-state index in [0.29, 0.717) is 37.4 Å². The van der Waals surface area contributed by atoms with Gasteiger partial charge in [0.15, 0.2) is 0 Å². The quantitative estimate of drug-likeness (QED) is 0.713. The molecule has 2 aromatic rings. The van der Waals surface area contributed by atoms with Crippen LogP contribution in [0.3, 0.4) is 0 Å². The molecule has 1 atom stereocenters. The van der Waals surface area contributed by atoms with Crippen LogP contribution in [0.5, 0.6) is 0 Å². The highest BCUT2D eigenvalue weighted by molar-refractivity contribution is 5.95. The molecule has 0 unspecified atom stereocenters. The van der Waals surface area contributed by atoms with E-state index >= 15 is 0 Å². The first-order valence-electron chi connectivity index (χ1n) is 9.83. The van der Waals surface area contributed by atoms with Gasteiger partial charge < -0.3 is 9.64 Å². The molecule has 0 spiro atoms. The molecule has 0 aliphatic carbocycles. The second-order valence-corrected chi connectivity index (χ2v) is 6.99. The number of likely N-dealkylation sites (tertiary alicyclic amines) is 1. The molecule has 0 radical (unpaired) electrons. The van der Waals surface area contributed by atoms with Gasteiger partial charge in [-0.1, -0.05) is 13.3 Å². The number of benzene rings is 1. The number of piperidine rings is 1. The fraction of sp³-hybridized carbons (Fsp3) is 0.476. The number of esters is 1. The van der Waals surface area contributed by atoms with Crippen LogP contribution in [0.25, 0.3) is 5.69 Å². The molecule has 28 heavy (non-hydrogen) atoms. The van der Waals surface area contributed by atoms with Gasteiger partial charge in [-0.05, 0) is 50.5 Å². The lowest BCUT2D eigenvalue weighted by Crippen LogP contribution is -2.43. The number of aromatic nitrogens is 2. The lowest BCUT2D eigenvalue weighted by Gasteiger charge is -2.31. The van der Waals surface area contributed by atoms with Gasteiger partial charge in [0.05, 0.1) is 35.7 Å². The summed E-state index contributed by atoms with van der Waals surface area (Å²) in [7, 11) is 0. The number of carbonyl (C=O) groups is 2. The Morgan fingerprint density at radius 1 is 1.25 bits per heavy atom. The Morgan fingerprint density at radius 2 is 2.00 bits per heavy atom. The van der Waals surface area contributed by atoms with Crippen LogP contribution in [0.4, 0.5) is 4.39 Å². The predicted octanol–water partition coefficient (Wildman–Crippen LogP) is 3.38. The SMILES string of the molecule is CCCc1c(C(=O)N2CCC[C@H](C(=O)OCC)C2)cnn1-c1ccc(F)cc1. The van der Waals surface area contributed by atoms with Crippen molar-refractivity contribution in [2.75, 3.05) is 19.7 Å². The Bertz CT molecular complexity index is 832. The number of nitrogens with zero attached hydrogens (tertiary/aromatic N) is 3. The van der Waals surface area contributed by atoms with Crippen LogP contribution >= 0.6 is 0 Å². The summed E-state index contributed by atoms with van der Waals surface area (Å²) < 4.78 is 20.1. The highest BCUT2D eigenvalue weighted by Gasteiger charge is 2.31. The normalized spacial score (nSPS) is 16.8. The zero-order chi connectivity index (χ0) is 20.1. The number of amides is 1. The molecule has 0 N–H and O–H groups in total. The van der Waals surface area contributed by atoms with Crippen molar-refractivity contribution in [1.29, 1.82) is 0 Å². The van der Waals surface area contributed by atoms with Crippen molar-refractivity contribution < 1.29 is 18.7 Å². The number of carbonyl (C=O) groups excluding carboxylic acids is 2. The van der Waals surface area contributed by atoms with E-state index in [0.717, 1.165) is 25.0 Å². The van der Waals surface area contributed by atoms with Gasteiger partial charge in [0.1, 0.15) is 5.82 Å². The average molecular weight is 387 g/mol. The summed E-state index contributed by atoms with van der Waals surface area (Å²) >= 11 is 0. The van der Waals surface area contributed by atoms with Gasteiger partial charge in [-0.3, -0.25) is 9.59 Å². The zero-order valence-electron chi connectivity index (χ0n) is 16.4. The van der Waals surface area contributed by atoms with Crippen molar-refractivity contribution in [1.82, 2.24) is 14.7 Å². The third kappa shape index (κ3) is 4.24. The molecule has 3 rings (SSSR count). The van der Waals surface area contributed by atoms with E-state index in [-0.39, 0.29) is 23.6 Å². The smallest absolute Gasteiger partial charge is 0.310 e. The average Bonchev–Trinajstić information content (AvgIpc) is 3.12. The van der Waals surface area contributed by atoms with Crippen molar-refractivity contribution in [3.63, 3.8) is 0 Å². The second-order valence-electron chi connectivity index (χ2n) is 6.99. The van der Waals surface area contributed by atoms with Crippen LogP contribution in [-0.2, 0) is 16.0 Å². The van der Waals surface area contributed by atoms with E-state index in [2.05, 4.69) is 5.10 Å². The summed E-state index contributed by atoms with van der Waals surface area (Å²) in [6, 6.07) is 6.05. The summed E-state index contributed by atoms with van der Waals surface area (Å²) in [6.45, 7) is 5.14.